The van der Waals surface area contributed by atoms with Crippen molar-refractivity contribution in [1.29, 1.82) is 0 Å². The maximum Gasteiger partial charge on any atom is 0.416 e. The van der Waals surface area contributed by atoms with Gasteiger partial charge in [-0.1, -0.05) is 11.8 Å². The summed E-state index contributed by atoms with van der Waals surface area (Å²) in [6.07, 6.45) is -10.1. The SMILES string of the molecule is Nn1c(SCC(=O)Nc2cc(C(F)(F)F)cc(C(F)(F)F)c2)nnc1-c1cc(-c2ccc(F)cc2)n[nH]1. The van der Waals surface area contributed by atoms with Crippen LogP contribution in [0.2, 0.25) is 0 Å². The lowest BCUT2D eigenvalue weighted by Gasteiger charge is -2.14. The zero-order valence-corrected chi connectivity index (χ0v) is 19.0. The Bertz CT molecular complexity index is 1400. The van der Waals surface area contributed by atoms with Crippen LogP contribution in [0.4, 0.5) is 36.4 Å². The lowest BCUT2D eigenvalue weighted by molar-refractivity contribution is -0.143. The van der Waals surface area contributed by atoms with Crippen LogP contribution in [0, 0.1) is 5.82 Å². The van der Waals surface area contributed by atoms with E-state index >= 15 is 0 Å². The van der Waals surface area contributed by atoms with Crippen LogP contribution in [-0.2, 0) is 17.1 Å². The molecular formula is C21H14F7N7OS. The van der Waals surface area contributed by atoms with Crippen LogP contribution in [0.3, 0.4) is 0 Å². The number of anilines is 1. The number of hydrogen-bond acceptors (Lipinski definition) is 6. The molecule has 37 heavy (non-hydrogen) atoms. The Hall–Kier alpha value is -4.08. The van der Waals surface area contributed by atoms with Gasteiger partial charge in [0, 0.05) is 11.3 Å². The van der Waals surface area contributed by atoms with Gasteiger partial charge < -0.3 is 11.2 Å². The molecule has 0 aliphatic rings. The summed E-state index contributed by atoms with van der Waals surface area (Å²) in [6.45, 7) is 0. The molecule has 16 heteroatoms. The number of amides is 1. The first-order chi connectivity index (χ1) is 17.3. The van der Waals surface area contributed by atoms with Crippen molar-refractivity contribution in [3.05, 3.63) is 65.5 Å². The molecule has 2 aromatic heterocycles. The van der Waals surface area contributed by atoms with E-state index in [4.69, 9.17) is 5.84 Å². The first-order valence-electron chi connectivity index (χ1n) is 10.1. The van der Waals surface area contributed by atoms with Crippen LogP contribution in [0.1, 0.15) is 11.1 Å². The third-order valence-corrected chi connectivity index (χ3v) is 5.77. The molecule has 0 unspecified atom stereocenters. The minimum atomic E-state index is -5.05. The third-order valence-electron chi connectivity index (χ3n) is 4.83. The van der Waals surface area contributed by atoms with Crippen molar-refractivity contribution >= 4 is 23.4 Å². The Morgan fingerprint density at radius 2 is 1.59 bits per heavy atom. The zero-order valence-electron chi connectivity index (χ0n) is 18.2. The molecule has 0 radical (unpaired) electrons. The number of alkyl halides is 6. The van der Waals surface area contributed by atoms with E-state index in [1.165, 1.54) is 24.3 Å². The van der Waals surface area contributed by atoms with Gasteiger partial charge >= 0.3 is 12.4 Å². The number of aromatic nitrogens is 5. The van der Waals surface area contributed by atoms with Gasteiger partial charge in [0.05, 0.1) is 22.6 Å². The summed E-state index contributed by atoms with van der Waals surface area (Å²) in [5.74, 6) is 4.33. The van der Waals surface area contributed by atoms with Crippen molar-refractivity contribution in [3.63, 3.8) is 0 Å². The Kier molecular flexibility index (Phi) is 6.86. The number of nitrogens with one attached hydrogen (secondary N) is 2. The molecule has 0 aliphatic carbocycles. The number of nitrogen functional groups attached to an aromatic ring is 1. The first-order valence-corrected chi connectivity index (χ1v) is 11.0. The highest BCUT2D eigenvalue weighted by atomic mass is 32.2. The van der Waals surface area contributed by atoms with E-state index in [0.29, 0.717) is 29.1 Å². The highest BCUT2D eigenvalue weighted by Crippen LogP contribution is 2.37. The smallest absolute Gasteiger partial charge is 0.335 e. The number of benzene rings is 2. The Morgan fingerprint density at radius 3 is 2.19 bits per heavy atom. The van der Waals surface area contributed by atoms with Gasteiger partial charge in [0.25, 0.3) is 0 Å². The lowest BCUT2D eigenvalue weighted by Crippen LogP contribution is -2.18. The summed E-state index contributed by atoms with van der Waals surface area (Å²) in [4.78, 5) is 12.2. The van der Waals surface area contributed by atoms with E-state index in [2.05, 4.69) is 20.4 Å². The van der Waals surface area contributed by atoms with Gasteiger partial charge in [0.15, 0.2) is 0 Å². The van der Waals surface area contributed by atoms with Gasteiger partial charge in [0.1, 0.15) is 11.5 Å². The fraction of sp³-hybridized carbons (Fsp3) is 0.143. The number of nitrogens with two attached hydrogens (primary N) is 1. The van der Waals surface area contributed by atoms with Crippen LogP contribution in [-0.4, -0.2) is 36.7 Å². The first kappa shape index (κ1) is 26.0. The van der Waals surface area contributed by atoms with Gasteiger partial charge in [-0.15, -0.1) is 10.2 Å². The lowest BCUT2D eigenvalue weighted by atomic mass is 10.1. The second-order valence-electron chi connectivity index (χ2n) is 7.48. The van der Waals surface area contributed by atoms with Crippen molar-refractivity contribution in [3.8, 4) is 22.8 Å². The number of carbonyl (C=O) groups is 1. The summed E-state index contributed by atoms with van der Waals surface area (Å²) in [7, 11) is 0. The van der Waals surface area contributed by atoms with Crippen LogP contribution in [0.5, 0.6) is 0 Å². The Labute approximate surface area is 207 Å². The highest BCUT2D eigenvalue weighted by molar-refractivity contribution is 7.99. The van der Waals surface area contributed by atoms with Crippen molar-refractivity contribution in [2.45, 2.75) is 17.5 Å². The predicted octanol–water partition coefficient (Wildman–Crippen LogP) is 4.96. The molecule has 0 atom stereocenters. The average molecular weight is 545 g/mol. The van der Waals surface area contributed by atoms with E-state index in [1.54, 1.807) is 6.07 Å². The molecule has 2 heterocycles. The number of H-pyrrole nitrogens is 1. The number of thioether (sulfide) groups is 1. The number of carbonyl (C=O) groups excluding carboxylic acids is 1. The predicted molar refractivity (Wildman–Crippen MR) is 119 cm³/mol. The van der Waals surface area contributed by atoms with Crippen LogP contribution in [0.25, 0.3) is 22.8 Å². The molecule has 2 aromatic carbocycles. The number of halogens is 7. The normalized spacial score (nSPS) is 12.1. The molecule has 4 rings (SSSR count). The van der Waals surface area contributed by atoms with E-state index < -0.39 is 46.6 Å². The second-order valence-corrected chi connectivity index (χ2v) is 8.42. The Morgan fingerprint density at radius 1 is 0.973 bits per heavy atom. The van der Waals surface area contributed by atoms with Gasteiger partial charge in [-0.2, -0.15) is 31.4 Å². The third kappa shape index (κ3) is 6.02. The molecule has 0 aliphatic heterocycles. The fourth-order valence-corrected chi connectivity index (χ4v) is 3.77. The summed E-state index contributed by atoms with van der Waals surface area (Å²) in [5, 5.41) is 16.6. The minimum absolute atomic E-state index is 0.0307. The molecule has 0 fully saturated rings. The highest BCUT2D eigenvalue weighted by Gasteiger charge is 2.37. The molecule has 0 saturated heterocycles. The maximum atomic E-state index is 13.1. The molecule has 0 spiro atoms. The summed E-state index contributed by atoms with van der Waals surface area (Å²) in [5.41, 5.74) is -2.37. The molecule has 0 bridgehead atoms. The maximum absolute atomic E-state index is 13.1. The van der Waals surface area contributed by atoms with Gasteiger partial charge in [-0.3, -0.25) is 9.89 Å². The van der Waals surface area contributed by atoms with E-state index in [1.807, 2.05) is 5.32 Å². The van der Waals surface area contributed by atoms with Crippen molar-refractivity contribution in [2.24, 2.45) is 0 Å². The van der Waals surface area contributed by atoms with Gasteiger partial charge in [-0.05, 0) is 48.5 Å². The molecule has 1 amide bonds. The van der Waals surface area contributed by atoms with E-state index in [9.17, 15) is 35.5 Å². The number of nitrogens with zero attached hydrogens (tertiary/aromatic N) is 4. The van der Waals surface area contributed by atoms with Crippen molar-refractivity contribution in [1.82, 2.24) is 25.1 Å². The average Bonchev–Trinajstić information content (AvgIpc) is 3.43. The number of hydrogen-bond donors (Lipinski definition) is 3. The zero-order chi connectivity index (χ0) is 27.0. The van der Waals surface area contributed by atoms with Crippen LogP contribution < -0.4 is 11.2 Å². The van der Waals surface area contributed by atoms with Crippen molar-refractivity contribution in [2.75, 3.05) is 16.9 Å². The van der Waals surface area contributed by atoms with Crippen molar-refractivity contribution < 1.29 is 35.5 Å². The standard InChI is InChI=1S/C21H14F7N7OS/c22-13-3-1-10(2-4-13)15-8-16(32-31-15)18-33-34-19(35(18)29)37-9-17(36)30-14-6-11(20(23,24)25)5-12(7-14)21(26,27)28/h1-8H,9,29H2,(H,30,36)(H,31,32). The number of rotatable bonds is 6. The van der Waals surface area contributed by atoms with Crippen LogP contribution >= 0.6 is 11.8 Å². The largest absolute Gasteiger partial charge is 0.416 e. The van der Waals surface area contributed by atoms with Crippen LogP contribution in [0.15, 0.2) is 53.7 Å². The molecule has 4 N–H and O–H groups in total. The molecule has 194 valence electrons. The van der Waals surface area contributed by atoms with Gasteiger partial charge in [0.2, 0.25) is 16.9 Å². The quantitative estimate of drug-likeness (QED) is 0.179. The summed E-state index contributed by atoms with van der Waals surface area (Å²) < 4.78 is 92.2. The summed E-state index contributed by atoms with van der Waals surface area (Å²) >= 11 is 0.746. The molecular weight excluding hydrogens is 531 g/mol. The van der Waals surface area contributed by atoms with Gasteiger partial charge in [-0.25, -0.2) is 9.07 Å². The molecule has 8 nitrogen and oxygen atoms in total. The number of aromatic amines is 1. The van der Waals surface area contributed by atoms with E-state index in [0.717, 1.165) is 16.4 Å². The molecule has 0 saturated carbocycles. The topological polar surface area (TPSA) is 115 Å². The fourth-order valence-electron chi connectivity index (χ4n) is 3.12. The monoisotopic (exact) mass is 545 g/mol. The Balaban J connectivity index is 1.45. The minimum Gasteiger partial charge on any atom is -0.335 e. The van der Waals surface area contributed by atoms with E-state index in [-0.39, 0.29) is 17.0 Å². The second kappa shape index (κ2) is 9.76. The molecule has 4 aromatic rings. The summed E-state index contributed by atoms with van der Waals surface area (Å²) in [6, 6.07) is 7.90.